The molecule has 0 saturated carbocycles. The van der Waals surface area contributed by atoms with Gasteiger partial charge in [0.1, 0.15) is 16.6 Å². The van der Waals surface area contributed by atoms with Crippen molar-refractivity contribution >= 4 is 49.8 Å². The van der Waals surface area contributed by atoms with Crippen LogP contribution in [0.25, 0.3) is 0 Å². The monoisotopic (exact) mass is 519 g/mol. The number of hydrogen-bond donors (Lipinski definition) is 2. The zero-order valence-electron chi connectivity index (χ0n) is 18.6. The number of nitrogens with zero attached hydrogens (tertiary/aromatic N) is 3. The number of primary amides is 1. The number of aromatic nitrogens is 3. The standard InChI is InChI=1S/C22H25N5O4S3/c1-2-27-17(13-34(30,31)14-8-4-3-5-9-14)25-26-22(27)32-12-18(28)24-21-19(20(23)29)15-10-6-7-11-16(15)33-21/h3-5,8-9H,2,6-7,10-13H2,1H3,(H2,23,29)(H,24,28). The minimum atomic E-state index is -3.57. The maximum absolute atomic E-state index is 12.7. The Morgan fingerprint density at radius 1 is 1.18 bits per heavy atom. The number of fused-ring (bicyclic) bond motifs is 1. The molecule has 4 rings (SSSR count). The molecule has 3 N–H and O–H groups in total. The molecule has 2 amide bonds. The molecule has 9 nitrogen and oxygen atoms in total. The number of amides is 2. The quantitative estimate of drug-likeness (QED) is 0.415. The van der Waals surface area contributed by atoms with Gasteiger partial charge in [0, 0.05) is 11.4 Å². The lowest BCUT2D eigenvalue weighted by Crippen LogP contribution is -2.19. The molecule has 12 heteroatoms. The molecule has 0 spiro atoms. The van der Waals surface area contributed by atoms with Gasteiger partial charge in [-0.15, -0.1) is 21.5 Å². The van der Waals surface area contributed by atoms with Crippen molar-refractivity contribution in [1.29, 1.82) is 0 Å². The van der Waals surface area contributed by atoms with Crippen LogP contribution in [0.2, 0.25) is 0 Å². The zero-order chi connectivity index (χ0) is 24.3. The first-order chi connectivity index (χ1) is 16.3. The van der Waals surface area contributed by atoms with Crippen LogP contribution in [0.3, 0.4) is 0 Å². The molecule has 2 heterocycles. The molecule has 0 atom stereocenters. The van der Waals surface area contributed by atoms with Crippen molar-refractivity contribution in [2.75, 3.05) is 11.1 Å². The third kappa shape index (κ3) is 5.18. The summed E-state index contributed by atoms with van der Waals surface area (Å²) < 4.78 is 27.2. The molecule has 2 aromatic heterocycles. The average molecular weight is 520 g/mol. The fourth-order valence-electron chi connectivity index (χ4n) is 3.94. The fraction of sp³-hybridized carbons (Fsp3) is 0.364. The van der Waals surface area contributed by atoms with E-state index < -0.39 is 15.7 Å². The highest BCUT2D eigenvalue weighted by Gasteiger charge is 2.25. The number of rotatable bonds is 9. The summed E-state index contributed by atoms with van der Waals surface area (Å²) in [6.07, 6.45) is 3.74. The van der Waals surface area contributed by atoms with Gasteiger partial charge < -0.3 is 15.6 Å². The van der Waals surface area contributed by atoms with Crippen LogP contribution in [0.1, 0.15) is 46.4 Å². The van der Waals surface area contributed by atoms with Gasteiger partial charge in [-0.25, -0.2) is 8.42 Å². The van der Waals surface area contributed by atoms with E-state index in [1.807, 2.05) is 6.92 Å². The summed E-state index contributed by atoms with van der Waals surface area (Å²) in [6.45, 7) is 2.32. The smallest absolute Gasteiger partial charge is 0.251 e. The first-order valence-electron chi connectivity index (χ1n) is 10.9. The Morgan fingerprint density at radius 3 is 2.62 bits per heavy atom. The average Bonchev–Trinajstić information content (AvgIpc) is 3.37. The second kappa shape index (κ2) is 10.3. The van der Waals surface area contributed by atoms with E-state index in [1.54, 1.807) is 34.9 Å². The molecule has 0 saturated heterocycles. The highest BCUT2D eigenvalue weighted by molar-refractivity contribution is 7.99. The molecule has 0 fully saturated rings. The maximum Gasteiger partial charge on any atom is 0.251 e. The van der Waals surface area contributed by atoms with Crippen molar-refractivity contribution in [3.63, 3.8) is 0 Å². The van der Waals surface area contributed by atoms with E-state index in [0.717, 1.165) is 47.9 Å². The van der Waals surface area contributed by atoms with Crippen molar-refractivity contribution in [3.8, 4) is 0 Å². The maximum atomic E-state index is 12.7. The van der Waals surface area contributed by atoms with Gasteiger partial charge in [0.25, 0.3) is 5.91 Å². The Hall–Kier alpha value is -2.70. The predicted molar refractivity (Wildman–Crippen MR) is 132 cm³/mol. The van der Waals surface area contributed by atoms with Gasteiger partial charge in [0.15, 0.2) is 15.0 Å². The summed E-state index contributed by atoms with van der Waals surface area (Å²) in [7, 11) is -3.57. The molecule has 0 unspecified atom stereocenters. The molecular formula is C22H25N5O4S3. The Kier molecular flexibility index (Phi) is 7.39. The van der Waals surface area contributed by atoms with Gasteiger partial charge in [-0.2, -0.15) is 0 Å². The Bertz CT molecular complexity index is 1320. The lowest BCUT2D eigenvalue weighted by molar-refractivity contribution is -0.113. The largest absolute Gasteiger partial charge is 0.365 e. The van der Waals surface area contributed by atoms with E-state index in [0.29, 0.717) is 28.1 Å². The van der Waals surface area contributed by atoms with Gasteiger partial charge in [-0.1, -0.05) is 30.0 Å². The van der Waals surface area contributed by atoms with Crippen LogP contribution in [-0.4, -0.2) is 40.7 Å². The van der Waals surface area contributed by atoms with Crippen LogP contribution in [0, 0.1) is 0 Å². The number of carbonyl (C=O) groups excluding carboxylic acids is 2. The van der Waals surface area contributed by atoms with Crippen molar-refractivity contribution in [2.24, 2.45) is 5.73 Å². The van der Waals surface area contributed by atoms with Gasteiger partial charge in [0.05, 0.1) is 16.2 Å². The molecule has 3 aromatic rings. The summed E-state index contributed by atoms with van der Waals surface area (Å²) in [4.78, 5) is 26.0. The third-order valence-corrected chi connectivity index (χ3v) is 9.34. The minimum Gasteiger partial charge on any atom is -0.365 e. The number of thioether (sulfide) groups is 1. The molecule has 0 bridgehead atoms. The lowest BCUT2D eigenvalue weighted by Gasteiger charge is -2.11. The molecule has 1 aliphatic carbocycles. The highest BCUT2D eigenvalue weighted by Crippen LogP contribution is 2.38. The molecule has 0 aliphatic heterocycles. The van der Waals surface area contributed by atoms with Gasteiger partial charge >= 0.3 is 0 Å². The van der Waals surface area contributed by atoms with E-state index in [2.05, 4.69) is 15.5 Å². The van der Waals surface area contributed by atoms with E-state index in [-0.39, 0.29) is 22.3 Å². The minimum absolute atomic E-state index is 0.0321. The van der Waals surface area contributed by atoms with Crippen LogP contribution in [0.4, 0.5) is 5.00 Å². The lowest BCUT2D eigenvalue weighted by atomic mass is 9.95. The van der Waals surface area contributed by atoms with Crippen molar-refractivity contribution < 1.29 is 18.0 Å². The number of anilines is 1. The number of nitrogens with one attached hydrogen (secondary N) is 1. The third-order valence-electron chi connectivity index (χ3n) is 5.53. The van der Waals surface area contributed by atoms with Crippen LogP contribution >= 0.6 is 23.1 Å². The number of carbonyl (C=O) groups is 2. The molecule has 34 heavy (non-hydrogen) atoms. The van der Waals surface area contributed by atoms with E-state index in [4.69, 9.17) is 5.73 Å². The van der Waals surface area contributed by atoms with Crippen LogP contribution in [0.5, 0.6) is 0 Å². The number of thiophene rings is 1. The second-order valence-electron chi connectivity index (χ2n) is 7.83. The number of sulfone groups is 1. The van der Waals surface area contributed by atoms with E-state index in [1.165, 1.54) is 11.3 Å². The number of benzene rings is 1. The van der Waals surface area contributed by atoms with Crippen LogP contribution in [0.15, 0.2) is 40.4 Å². The summed E-state index contributed by atoms with van der Waals surface area (Å²) in [5.41, 5.74) is 6.98. The Morgan fingerprint density at radius 2 is 1.91 bits per heavy atom. The molecule has 180 valence electrons. The van der Waals surface area contributed by atoms with Gasteiger partial charge in [-0.05, 0) is 50.3 Å². The number of hydrogen-bond acceptors (Lipinski definition) is 8. The predicted octanol–water partition coefficient (Wildman–Crippen LogP) is 3.04. The fourth-order valence-corrected chi connectivity index (χ4v) is 7.36. The van der Waals surface area contributed by atoms with Gasteiger partial charge in [0.2, 0.25) is 5.91 Å². The highest BCUT2D eigenvalue weighted by atomic mass is 32.2. The first-order valence-corrected chi connectivity index (χ1v) is 14.3. The van der Waals surface area contributed by atoms with Crippen molar-refractivity contribution in [1.82, 2.24) is 14.8 Å². The normalized spacial score (nSPS) is 13.4. The molecule has 0 radical (unpaired) electrons. The molecule has 1 aliphatic rings. The second-order valence-corrected chi connectivity index (χ2v) is 11.9. The van der Waals surface area contributed by atoms with Crippen molar-refractivity contribution in [3.05, 3.63) is 52.2 Å². The molecular weight excluding hydrogens is 494 g/mol. The Balaban J connectivity index is 1.45. The van der Waals surface area contributed by atoms with Crippen LogP contribution < -0.4 is 11.1 Å². The van der Waals surface area contributed by atoms with Crippen molar-refractivity contribution in [2.45, 2.75) is 55.0 Å². The SMILES string of the molecule is CCn1c(CS(=O)(=O)c2ccccc2)nnc1SCC(=O)Nc1sc2c(c1C(N)=O)CCCC2. The van der Waals surface area contributed by atoms with Crippen LogP contribution in [-0.2, 0) is 39.8 Å². The summed E-state index contributed by atoms with van der Waals surface area (Å²) in [6, 6.07) is 8.19. The number of nitrogens with two attached hydrogens (primary N) is 1. The zero-order valence-corrected chi connectivity index (χ0v) is 21.1. The first kappa shape index (κ1) is 24.4. The summed E-state index contributed by atoms with van der Waals surface area (Å²) >= 11 is 2.58. The molecule has 1 aromatic carbocycles. The van der Waals surface area contributed by atoms with E-state index >= 15 is 0 Å². The van der Waals surface area contributed by atoms with E-state index in [9.17, 15) is 18.0 Å². The Labute approximate surface area is 206 Å². The number of aryl methyl sites for hydroxylation is 1. The topological polar surface area (TPSA) is 137 Å². The summed E-state index contributed by atoms with van der Waals surface area (Å²) in [5, 5.41) is 11.9. The van der Waals surface area contributed by atoms with Gasteiger partial charge in [-0.3, -0.25) is 9.59 Å². The summed E-state index contributed by atoms with van der Waals surface area (Å²) in [5.74, 6) is -0.763.